The zero-order valence-electron chi connectivity index (χ0n) is 9.63. The highest BCUT2D eigenvalue weighted by molar-refractivity contribution is 5.99. The Hall–Kier alpha value is -2.49. The van der Waals surface area contributed by atoms with Gasteiger partial charge in [0.25, 0.3) is 0 Å². The van der Waals surface area contributed by atoms with Gasteiger partial charge in [0.05, 0.1) is 17.8 Å². The minimum Gasteiger partial charge on any atom is -0.298 e. The van der Waals surface area contributed by atoms with E-state index < -0.39 is 0 Å². The van der Waals surface area contributed by atoms with Crippen LogP contribution in [0.5, 0.6) is 0 Å². The first-order chi connectivity index (χ1) is 8.88. The van der Waals surface area contributed by atoms with Gasteiger partial charge in [-0.3, -0.25) is 14.9 Å². The van der Waals surface area contributed by atoms with E-state index in [1.165, 1.54) is 0 Å². The van der Waals surface area contributed by atoms with Crippen molar-refractivity contribution in [3.8, 4) is 0 Å². The summed E-state index contributed by atoms with van der Waals surface area (Å²) in [4.78, 5) is 15.0. The molecule has 0 unspecified atom stereocenters. The molecule has 1 aliphatic rings. The lowest BCUT2D eigenvalue weighted by molar-refractivity contribution is 0.112. The lowest BCUT2D eigenvalue weighted by Gasteiger charge is -1.97. The number of aldehydes is 1. The quantitative estimate of drug-likeness (QED) is 0.815. The summed E-state index contributed by atoms with van der Waals surface area (Å²) in [6.07, 6.45) is 8.52. The lowest BCUT2D eigenvalue weighted by atomic mass is 10.1. The van der Waals surface area contributed by atoms with Gasteiger partial charge in [0, 0.05) is 22.7 Å². The Morgan fingerprint density at radius 1 is 1.33 bits per heavy atom. The minimum absolute atomic E-state index is 0.650. The van der Waals surface area contributed by atoms with E-state index >= 15 is 0 Å². The zero-order chi connectivity index (χ0) is 12.4. The summed E-state index contributed by atoms with van der Waals surface area (Å²) in [5, 5.41) is 8.24. The molecule has 0 spiro atoms. The van der Waals surface area contributed by atoms with E-state index in [0.29, 0.717) is 12.1 Å². The van der Waals surface area contributed by atoms with E-state index in [4.69, 9.17) is 0 Å². The maximum atomic E-state index is 10.8. The number of hydrogen-bond acceptors (Lipinski definition) is 3. The van der Waals surface area contributed by atoms with Crippen molar-refractivity contribution in [3.63, 3.8) is 0 Å². The predicted octanol–water partition coefficient (Wildman–Crippen LogP) is 2.40. The number of benzene rings is 1. The highest BCUT2D eigenvalue weighted by Crippen LogP contribution is 2.24. The number of carbonyl (C=O) groups is 1. The Labute approximate surface area is 104 Å². The monoisotopic (exact) mass is 237 g/mol. The fourth-order valence-corrected chi connectivity index (χ4v) is 1.97. The molecule has 1 aliphatic heterocycles. The zero-order valence-corrected chi connectivity index (χ0v) is 9.63. The third-order valence-corrected chi connectivity index (χ3v) is 2.86. The smallest absolute Gasteiger partial charge is 0.150 e. The van der Waals surface area contributed by atoms with Crippen LogP contribution in [0.1, 0.15) is 16.1 Å². The van der Waals surface area contributed by atoms with Crippen LogP contribution in [0.2, 0.25) is 0 Å². The van der Waals surface area contributed by atoms with E-state index in [0.717, 1.165) is 28.5 Å². The number of aromatic amines is 1. The molecule has 1 aromatic heterocycles. The van der Waals surface area contributed by atoms with Gasteiger partial charge < -0.3 is 0 Å². The Balaban J connectivity index is 2.19. The van der Waals surface area contributed by atoms with Crippen LogP contribution >= 0.6 is 0 Å². The van der Waals surface area contributed by atoms with E-state index in [1.54, 1.807) is 12.3 Å². The Bertz CT molecular complexity index is 692. The van der Waals surface area contributed by atoms with Crippen LogP contribution in [0.4, 0.5) is 0 Å². The van der Waals surface area contributed by atoms with Crippen molar-refractivity contribution in [3.05, 3.63) is 47.7 Å². The van der Waals surface area contributed by atoms with Crippen LogP contribution < -0.4 is 0 Å². The normalized spacial score (nSPS) is 14.6. The van der Waals surface area contributed by atoms with E-state index in [-0.39, 0.29) is 0 Å². The Kier molecular flexibility index (Phi) is 2.61. The molecule has 1 N–H and O–H groups in total. The van der Waals surface area contributed by atoms with E-state index in [1.807, 2.05) is 30.4 Å². The van der Waals surface area contributed by atoms with Crippen molar-refractivity contribution in [2.45, 2.75) is 0 Å². The topological polar surface area (TPSA) is 58.1 Å². The fourth-order valence-electron chi connectivity index (χ4n) is 1.97. The van der Waals surface area contributed by atoms with Crippen LogP contribution in [-0.4, -0.2) is 29.2 Å². The molecule has 0 amide bonds. The average Bonchev–Trinajstić information content (AvgIpc) is 2.64. The van der Waals surface area contributed by atoms with Crippen LogP contribution in [0.15, 0.2) is 41.4 Å². The van der Waals surface area contributed by atoms with Crippen molar-refractivity contribution in [2.24, 2.45) is 4.99 Å². The largest absolute Gasteiger partial charge is 0.298 e. The first kappa shape index (κ1) is 10.7. The number of fused-ring (bicyclic) bond motifs is 1. The number of rotatable bonds is 2. The standard InChI is InChI=1S/C14H11N3O/c18-9-10-3-4-13-12(8-10)14(17-16-13)11-2-1-6-15-7-5-11/h1-5,7-9H,6H2,(H,16,17). The summed E-state index contributed by atoms with van der Waals surface area (Å²) < 4.78 is 0. The van der Waals surface area contributed by atoms with Gasteiger partial charge in [0.15, 0.2) is 0 Å². The molecule has 0 atom stereocenters. The van der Waals surface area contributed by atoms with Gasteiger partial charge in [-0.2, -0.15) is 5.10 Å². The van der Waals surface area contributed by atoms with Gasteiger partial charge in [-0.15, -0.1) is 0 Å². The first-order valence-electron chi connectivity index (χ1n) is 5.69. The number of aromatic nitrogens is 2. The molecule has 0 radical (unpaired) electrons. The number of aliphatic imine (C=N–C) groups is 1. The second-order valence-corrected chi connectivity index (χ2v) is 4.03. The van der Waals surface area contributed by atoms with Crippen molar-refractivity contribution >= 4 is 29.0 Å². The molecule has 0 bridgehead atoms. The molecular weight excluding hydrogens is 226 g/mol. The van der Waals surface area contributed by atoms with Gasteiger partial charge in [0.2, 0.25) is 0 Å². The minimum atomic E-state index is 0.650. The van der Waals surface area contributed by atoms with Gasteiger partial charge >= 0.3 is 0 Å². The van der Waals surface area contributed by atoms with Crippen molar-refractivity contribution in [2.75, 3.05) is 6.54 Å². The summed E-state index contributed by atoms with van der Waals surface area (Å²) in [7, 11) is 0. The third-order valence-electron chi connectivity index (χ3n) is 2.86. The maximum absolute atomic E-state index is 10.8. The molecule has 4 heteroatoms. The molecule has 2 aromatic rings. The average molecular weight is 237 g/mol. The molecule has 2 heterocycles. The van der Waals surface area contributed by atoms with Crippen molar-refractivity contribution in [1.29, 1.82) is 0 Å². The predicted molar refractivity (Wildman–Crippen MR) is 72.0 cm³/mol. The summed E-state index contributed by atoms with van der Waals surface area (Å²) in [6, 6.07) is 5.48. The number of hydrogen-bond donors (Lipinski definition) is 1. The van der Waals surface area contributed by atoms with E-state index in [9.17, 15) is 4.79 Å². The number of carbonyl (C=O) groups excluding carboxylic acids is 1. The molecule has 0 aliphatic carbocycles. The van der Waals surface area contributed by atoms with Gasteiger partial charge in [0.1, 0.15) is 6.29 Å². The molecule has 18 heavy (non-hydrogen) atoms. The second-order valence-electron chi connectivity index (χ2n) is 4.03. The van der Waals surface area contributed by atoms with Crippen molar-refractivity contribution in [1.82, 2.24) is 10.2 Å². The fraction of sp³-hybridized carbons (Fsp3) is 0.0714. The summed E-state index contributed by atoms with van der Waals surface area (Å²) >= 11 is 0. The SMILES string of the molecule is O=Cc1ccc2[nH]nc(C3=CC=NCC=C3)c2c1. The molecule has 0 saturated carbocycles. The molecule has 88 valence electrons. The van der Waals surface area contributed by atoms with E-state index in [2.05, 4.69) is 15.2 Å². The summed E-state index contributed by atoms with van der Waals surface area (Å²) in [5.41, 5.74) is 3.41. The Morgan fingerprint density at radius 2 is 2.28 bits per heavy atom. The Morgan fingerprint density at radius 3 is 3.17 bits per heavy atom. The van der Waals surface area contributed by atoms with Crippen LogP contribution in [-0.2, 0) is 0 Å². The second kappa shape index (κ2) is 4.41. The highest BCUT2D eigenvalue weighted by atomic mass is 16.1. The third kappa shape index (κ3) is 1.78. The lowest BCUT2D eigenvalue weighted by Crippen LogP contribution is -1.84. The molecule has 1 aromatic carbocycles. The van der Waals surface area contributed by atoms with Crippen LogP contribution in [0.25, 0.3) is 16.5 Å². The number of nitrogens with zero attached hydrogens (tertiary/aromatic N) is 2. The molecule has 0 fully saturated rings. The van der Waals surface area contributed by atoms with Crippen LogP contribution in [0.3, 0.4) is 0 Å². The van der Waals surface area contributed by atoms with Gasteiger partial charge in [-0.05, 0) is 24.3 Å². The summed E-state index contributed by atoms with van der Waals surface area (Å²) in [6.45, 7) is 0.682. The van der Waals surface area contributed by atoms with Gasteiger partial charge in [-0.1, -0.05) is 12.2 Å². The number of allylic oxidation sites excluding steroid dienone is 3. The van der Waals surface area contributed by atoms with Gasteiger partial charge in [-0.25, -0.2) is 0 Å². The molecule has 0 saturated heterocycles. The molecule has 4 nitrogen and oxygen atoms in total. The highest BCUT2D eigenvalue weighted by Gasteiger charge is 2.09. The first-order valence-corrected chi connectivity index (χ1v) is 5.69. The summed E-state index contributed by atoms with van der Waals surface area (Å²) in [5.74, 6) is 0. The molecular formula is C14H11N3O. The number of nitrogens with one attached hydrogen (secondary N) is 1. The van der Waals surface area contributed by atoms with Crippen LogP contribution in [0, 0.1) is 0 Å². The molecule has 3 rings (SSSR count). The van der Waals surface area contributed by atoms with Crippen molar-refractivity contribution < 1.29 is 4.79 Å². The maximum Gasteiger partial charge on any atom is 0.150 e. The number of H-pyrrole nitrogens is 1.